The number of aromatic nitrogens is 2. The topological polar surface area (TPSA) is 57.8 Å². The van der Waals surface area contributed by atoms with E-state index >= 15 is 0 Å². The van der Waals surface area contributed by atoms with Gasteiger partial charge in [0.2, 0.25) is 5.91 Å². The maximum Gasteiger partial charge on any atom is 0.224 e. The fraction of sp³-hybridized carbons (Fsp3) is 0.680. The van der Waals surface area contributed by atoms with Gasteiger partial charge in [0.05, 0.1) is 17.4 Å². The third-order valence-electron chi connectivity index (χ3n) is 5.71. The highest BCUT2D eigenvalue weighted by molar-refractivity contribution is 5.92. The summed E-state index contributed by atoms with van der Waals surface area (Å²) in [6.07, 6.45) is 22.5. The Morgan fingerprint density at radius 3 is 1.97 bits per heavy atom. The average Bonchev–Trinajstić information content (AvgIpc) is 3.19. The summed E-state index contributed by atoms with van der Waals surface area (Å²) in [6.45, 7) is 2.28. The lowest BCUT2D eigenvalue weighted by Gasteiger charge is -2.06. The van der Waals surface area contributed by atoms with Gasteiger partial charge in [-0.1, -0.05) is 96.8 Å². The van der Waals surface area contributed by atoms with Gasteiger partial charge in [0, 0.05) is 12.1 Å². The van der Waals surface area contributed by atoms with Crippen molar-refractivity contribution in [3.8, 4) is 0 Å². The molecule has 0 aliphatic heterocycles. The minimum absolute atomic E-state index is 0.110. The van der Waals surface area contributed by atoms with Crippen LogP contribution < -0.4 is 5.32 Å². The van der Waals surface area contributed by atoms with Crippen molar-refractivity contribution < 1.29 is 4.79 Å². The van der Waals surface area contributed by atoms with Crippen molar-refractivity contribution in [2.75, 3.05) is 5.32 Å². The molecule has 0 saturated carbocycles. The van der Waals surface area contributed by atoms with Gasteiger partial charge in [-0.2, -0.15) is 0 Å². The van der Waals surface area contributed by atoms with Gasteiger partial charge in [-0.15, -0.1) is 0 Å². The molecule has 2 aromatic rings. The molecule has 1 heterocycles. The first kappa shape index (κ1) is 23.4. The molecule has 0 unspecified atom stereocenters. The van der Waals surface area contributed by atoms with Crippen LogP contribution in [0.4, 0.5) is 5.69 Å². The SMILES string of the molecule is CCCCCCCCCCCCCCCCCC(=O)Nc1ccc2nc[nH]c2c1. The minimum atomic E-state index is 0.110. The highest BCUT2D eigenvalue weighted by atomic mass is 16.1. The standard InChI is InChI=1S/C25H41N3O/c1-2-3-4-5-6-7-8-9-10-11-12-13-14-15-16-17-25(29)28-22-18-19-23-24(20-22)27-21-26-23/h18-21H,2-17H2,1H3,(H,26,27)(H,28,29). The van der Waals surface area contributed by atoms with Crippen LogP contribution in [0, 0.1) is 0 Å². The number of nitrogens with one attached hydrogen (secondary N) is 2. The molecule has 162 valence electrons. The molecule has 1 aromatic heterocycles. The lowest BCUT2D eigenvalue weighted by Crippen LogP contribution is -2.10. The average molecular weight is 400 g/mol. The first-order valence-electron chi connectivity index (χ1n) is 12.0. The third kappa shape index (κ3) is 10.5. The summed E-state index contributed by atoms with van der Waals surface area (Å²) < 4.78 is 0. The quantitative estimate of drug-likeness (QED) is 0.267. The number of fused-ring (bicyclic) bond motifs is 1. The highest BCUT2D eigenvalue weighted by Gasteiger charge is 2.04. The number of amides is 1. The summed E-state index contributed by atoms with van der Waals surface area (Å²) in [7, 11) is 0. The van der Waals surface area contributed by atoms with Crippen molar-refractivity contribution in [2.45, 2.75) is 110 Å². The van der Waals surface area contributed by atoms with Gasteiger partial charge in [0.15, 0.2) is 0 Å². The molecule has 2 rings (SSSR count). The smallest absolute Gasteiger partial charge is 0.224 e. The summed E-state index contributed by atoms with van der Waals surface area (Å²) in [6, 6.07) is 5.77. The van der Waals surface area contributed by atoms with Gasteiger partial charge >= 0.3 is 0 Å². The number of anilines is 1. The van der Waals surface area contributed by atoms with Crippen molar-refractivity contribution in [1.29, 1.82) is 0 Å². The number of hydrogen-bond acceptors (Lipinski definition) is 2. The largest absolute Gasteiger partial charge is 0.345 e. The second kappa shape index (κ2) is 15.1. The Balaban J connectivity index is 1.36. The van der Waals surface area contributed by atoms with Crippen molar-refractivity contribution >= 4 is 22.6 Å². The maximum absolute atomic E-state index is 12.1. The van der Waals surface area contributed by atoms with Crippen LogP contribution in [-0.4, -0.2) is 15.9 Å². The molecule has 0 radical (unpaired) electrons. The predicted octanol–water partition coefficient (Wildman–Crippen LogP) is 7.76. The predicted molar refractivity (Wildman–Crippen MR) is 124 cm³/mol. The number of hydrogen-bond donors (Lipinski definition) is 2. The van der Waals surface area contributed by atoms with Crippen LogP contribution in [0.5, 0.6) is 0 Å². The molecule has 0 bridgehead atoms. The summed E-state index contributed by atoms with van der Waals surface area (Å²) in [4.78, 5) is 19.3. The van der Waals surface area contributed by atoms with E-state index in [-0.39, 0.29) is 5.91 Å². The summed E-state index contributed by atoms with van der Waals surface area (Å²) in [5, 5.41) is 2.99. The first-order valence-corrected chi connectivity index (χ1v) is 12.0. The van der Waals surface area contributed by atoms with Gasteiger partial charge in [0.1, 0.15) is 0 Å². The monoisotopic (exact) mass is 399 g/mol. The summed E-state index contributed by atoms with van der Waals surface area (Å²) in [5.74, 6) is 0.110. The number of unbranched alkanes of at least 4 members (excludes halogenated alkanes) is 14. The Hall–Kier alpha value is -1.84. The zero-order valence-corrected chi connectivity index (χ0v) is 18.5. The molecule has 29 heavy (non-hydrogen) atoms. The molecule has 4 nitrogen and oxygen atoms in total. The van der Waals surface area contributed by atoms with Crippen LogP contribution in [0.1, 0.15) is 110 Å². The molecule has 0 aliphatic carbocycles. The Morgan fingerprint density at radius 2 is 1.38 bits per heavy atom. The zero-order valence-electron chi connectivity index (χ0n) is 18.5. The number of benzene rings is 1. The van der Waals surface area contributed by atoms with E-state index in [9.17, 15) is 4.79 Å². The van der Waals surface area contributed by atoms with E-state index in [4.69, 9.17) is 0 Å². The van der Waals surface area contributed by atoms with Crippen LogP contribution >= 0.6 is 0 Å². The number of carbonyl (C=O) groups excluding carboxylic acids is 1. The second-order valence-electron chi connectivity index (χ2n) is 8.38. The van der Waals surface area contributed by atoms with E-state index in [1.807, 2.05) is 18.2 Å². The molecule has 0 saturated heterocycles. The van der Waals surface area contributed by atoms with E-state index < -0.39 is 0 Å². The van der Waals surface area contributed by atoms with Gasteiger partial charge < -0.3 is 10.3 Å². The molecule has 0 aliphatic rings. The number of imidazole rings is 1. The van der Waals surface area contributed by atoms with Crippen molar-refractivity contribution in [2.24, 2.45) is 0 Å². The van der Waals surface area contributed by atoms with Crippen molar-refractivity contribution in [3.05, 3.63) is 24.5 Å². The normalized spacial score (nSPS) is 11.2. The van der Waals surface area contributed by atoms with Gasteiger partial charge in [0.25, 0.3) is 0 Å². The molecule has 4 heteroatoms. The second-order valence-corrected chi connectivity index (χ2v) is 8.38. The number of carbonyl (C=O) groups is 1. The van der Waals surface area contributed by atoms with E-state index in [1.54, 1.807) is 6.33 Å². The molecular formula is C25H41N3O. The third-order valence-corrected chi connectivity index (χ3v) is 5.71. The number of H-pyrrole nitrogens is 1. The van der Waals surface area contributed by atoms with Gasteiger partial charge in [-0.3, -0.25) is 4.79 Å². The zero-order chi connectivity index (χ0) is 20.6. The van der Waals surface area contributed by atoms with Crippen LogP contribution in [0.25, 0.3) is 11.0 Å². The summed E-state index contributed by atoms with van der Waals surface area (Å²) >= 11 is 0. The first-order chi connectivity index (χ1) is 14.3. The Labute approximate surface area is 177 Å². The van der Waals surface area contributed by atoms with E-state index in [0.717, 1.165) is 29.6 Å². The lowest BCUT2D eigenvalue weighted by molar-refractivity contribution is -0.116. The van der Waals surface area contributed by atoms with Crippen LogP contribution in [0.15, 0.2) is 24.5 Å². The fourth-order valence-corrected chi connectivity index (χ4v) is 3.89. The Morgan fingerprint density at radius 1 is 0.828 bits per heavy atom. The van der Waals surface area contributed by atoms with Crippen LogP contribution in [0.2, 0.25) is 0 Å². The lowest BCUT2D eigenvalue weighted by atomic mass is 10.0. The molecule has 0 spiro atoms. The molecule has 2 N–H and O–H groups in total. The van der Waals surface area contributed by atoms with Crippen molar-refractivity contribution in [3.63, 3.8) is 0 Å². The number of aromatic amines is 1. The molecular weight excluding hydrogens is 358 g/mol. The van der Waals surface area contributed by atoms with Crippen molar-refractivity contribution in [1.82, 2.24) is 9.97 Å². The molecule has 0 atom stereocenters. The van der Waals surface area contributed by atoms with E-state index in [0.29, 0.717) is 6.42 Å². The molecule has 0 fully saturated rings. The minimum Gasteiger partial charge on any atom is -0.345 e. The highest BCUT2D eigenvalue weighted by Crippen LogP contribution is 2.17. The van der Waals surface area contributed by atoms with Crippen LogP contribution in [-0.2, 0) is 4.79 Å². The van der Waals surface area contributed by atoms with Gasteiger partial charge in [-0.25, -0.2) is 4.98 Å². The number of nitrogens with zero attached hydrogens (tertiary/aromatic N) is 1. The maximum atomic E-state index is 12.1. The fourth-order valence-electron chi connectivity index (χ4n) is 3.89. The number of rotatable bonds is 17. The van der Waals surface area contributed by atoms with E-state index in [1.165, 1.54) is 83.5 Å². The van der Waals surface area contributed by atoms with Gasteiger partial charge in [-0.05, 0) is 24.6 Å². The van der Waals surface area contributed by atoms with E-state index in [2.05, 4.69) is 22.2 Å². The Kier molecular flexibility index (Phi) is 12.2. The summed E-state index contributed by atoms with van der Waals surface area (Å²) in [5.41, 5.74) is 2.72. The molecule has 1 aromatic carbocycles. The Bertz CT molecular complexity index is 680. The molecule has 1 amide bonds. The van der Waals surface area contributed by atoms with Crippen LogP contribution in [0.3, 0.4) is 0 Å².